The van der Waals surface area contributed by atoms with Crippen LogP contribution < -0.4 is 5.32 Å². The Hall–Kier alpha value is -1.95. The third-order valence-corrected chi connectivity index (χ3v) is 4.74. The number of hydrogen-bond acceptors (Lipinski definition) is 4. The first kappa shape index (κ1) is 16.9. The molecule has 2 N–H and O–H groups in total. The molecule has 1 aliphatic heterocycles. The topological polar surface area (TPSA) is 61.7 Å². The fourth-order valence-electron chi connectivity index (χ4n) is 2.04. The van der Waals surface area contributed by atoms with Gasteiger partial charge in [0.1, 0.15) is 0 Å². The van der Waals surface area contributed by atoms with Crippen LogP contribution in [0.15, 0.2) is 46.3 Å². The van der Waals surface area contributed by atoms with Crippen molar-refractivity contribution in [2.75, 3.05) is 0 Å². The zero-order valence-electron chi connectivity index (χ0n) is 12.5. The maximum absolute atomic E-state index is 12.1. The van der Waals surface area contributed by atoms with Crippen LogP contribution >= 0.6 is 35.0 Å². The Labute approximate surface area is 153 Å². The first-order chi connectivity index (χ1) is 11.4. The molecule has 24 heavy (non-hydrogen) atoms. The molecule has 1 aliphatic rings. The van der Waals surface area contributed by atoms with E-state index in [1.807, 2.05) is 31.2 Å². The molecule has 1 amide bonds. The number of rotatable bonds is 2. The van der Waals surface area contributed by atoms with Gasteiger partial charge in [-0.25, -0.2) is 4.99 Å². The van der Waals surface area contributed by atoms with E-state index in [0.717, 1.165) is 11.3 Å². The number of nitrogens with one attached hydrogen (secondary N) is 1. The number of hydrogen-bond donors (Lipinski definition) is 2. The lowest BCUT2D eigenvalue weighted by Gasteiger charge is -2.02. The van der Waals surface area contributed by atoms with E-state index in [0.29, 0.717) is 15.6 Å². The van der Waals surface area contributed by atoms with Gasteiger partial charge in [0, 0.05) is 0 Å². The molecule has 1 fully saturated rings. The minimum atomic E-state index is -0.244. The summed E-state index contributed by atoms with van der Waals surface area (Å²) in [6, 6.07) is 10.8. The third kappa shape index (κ3) is 3.75. The van der Waals surface area contributed by atoms with E-state index in [2.05, 4.69) is 10.3 Å². The predicted octanol–water partition coefficient (Wildman–Crippen LogP) is 4.90. The molecular formula is C17H12Cl2N2O2S. The molecule has 0 unspecified atom stereocenters. The van der Waals surface area contributed by atoms with Crippen molar-refractivity contribution < 1.29 is 9.90 Å². The van der Waals surface area contributed by atoms with Gasteiger partial charge >= 0.3 is 0 Å². The maximum Gasteiger partial charge on any atom is 0.264 e. The number of thioether (sulfide) groups is 1. The second kappa shape index (κ2) is 6.89. The zero-order valence-corrected chi connectivity index (χ0v) is 14.8. The van der Waals surface area contributed by atoms with E-state index in [-0.39, 0.29) is 21.7 Å². The smallest absolute Gasteiger partial charge is 0.264 e. The third-order valence-electron chi connectivity index (χ3n) is 3.25. The van der Waals surface area contributed by atoms with E-state index >= 15 is 0 Å². The lowest BCUT2D eigenvalue weighted by Crippen LogP contribution is -2.19. The van der Waals surface area contributed by atoms with E-state index < -0.39 is 0 Å². The molecule has 0 atom stereocenters. The van der Waals surface area contributed by atoms with E-state index in [4.69, 9.17) is 23.2 Å². The molecule has 3 rings (SSSR count). The number of nitrogens with zero attached hydrogens (tertiary/aromatic N) is 1. The molecule has 0 spiro atoms. The van der Waals surface area contributed by atoms with E-state index in [1.165, 1.54) is 11.8 Å². The number of carbonyl (C=O) groups is 1. The zero-order chi connectivity index (χ0) is 17.3. The second-order valence-electron chi connectivity index (χ2n) is 5.15. The fraction of sp³-hybridized carbons (Fsp3) is 0.0588. The SMILES string of the molecule is Cc1ccc(N=C2NC(=O)C(=Cc3cc(Cl)c(O)c(Cl)c3)S2)cc1. The number of phenols is 1. The number of benzene rings is 2. The van der Waals surface area contributed by atoms with Gasteiger partial charge in [0.15, 0.2) is 10.9 Å². The van der Waals surface area contributed by atoms with Gasteiger partial charge in [-0.3, -0.25) is 4.79 Å². The van der Waals surface area contributed by atoms with E-state index in [9.17, 15) is 9.90 Å². The average Bonchev–Trinajstić information content (AvgIpc) is 2.87. The molecule has 122 valence electrons. The van der Waals surface area contributed by atoms with Crippen molar-refractivity contribution in [1.82, 2.24) is 5.32 Å². The normalized spacial score (nSPS) is 17.5. The van der Waals surface area contributed by atoms with Crippen molar-refractivity contribution in [3.8, 4) is 5.75 Å². The number of aryl methyl sites for hydroxylation is 1. The molecule has 0 radical (unpaired) electrons. The Morgan fingerprint density at radius 1 is 1.17 bits per heavy atom. The van der Waals surface area contributed by atoms with Crippen molar-refractivity contribution in [3.05, 3.63) is 62.5 Å². The van der Waals surface area contributed by atoms with Gasteiger partial charge in [0.2, 0.25) is 0 Å². The monoisotopic (exact) mass is 378 g/mol. The second-order valence-corrected chi connectivity index (χ2v) is 7.00. The van der Waals surface area contributed by atoms with Gasteiger partial charge in [-0.05, 0) is 54.6 Å². The fourth-order valence-corrected chi connectivity index (χ4v) is 3.38. The Morgan fingerprint density at radius 3 is 2.42 bits per heavy atom. The Kier molecular flexibility index (Phi) is 4.85. The molecule has 0 saturated carbocycles. The Bertz CT molecular complexity index is 854. The summed E-state index contributed by atoms with van der Waals surface area (Å²) in [5.41, 5.74) is 2.53. The minimum Gasteiger partial charge on any atom is -0.505 e. The molecule has 1 saturated heterocycles. The summed E-state index contributed by atoms with van der Waals surface area (Å²) in [6.45, 7) is 2.00. The molecule has 4 nitrogen and oxygen atoms in total. The summed E-state index contributed by atoms with van der Waals surface area (Å²) < 4.78 is 0. The van der Waals surface area contributed by atoms with E-state index in [1.54, 1.807) is 18.2 Å². The van der Waals surface area contributed by atoms with Gasteiger partial charge in [0.05, 0.1) is 20.6 Å². The van der Waals surface area contributed by atoms with Gasteiger partial charge in [0.25, 0.3) is 5.91 Å². The van der Waals surface area contributed by atoms with Gasteiger partial charge in [-0.2, -0.15) is 0 Å². The first-order valence-corrected chi connectivity index (χ1v) is 8.54. The summed E-state index contributed by atoms with van der Waals surface area (Å²) in [4.78, 5) is 17.0. The molecule has 0 aliphatic carbocycles. The van der Waals surface area contributed by atoms with Crippen molar-refractivity contribution in [2.45, 2.75) is 6.92 Å². The molecular weight excluding hydrogens is 367 g/mol. The van der Waals surface area contributed by atoms with Crippen LogP contribution in [-0.2, 0) is 4.79 Å². The Balaban J connectivity index is 1.86. The molecule has 0 bridgehead atoms. The van der Waals surface area contributed by atoms with Crippen molar-refractivity contribution in [3.63, 3.8) is 0 Å². The highest BCUT2D eigenvalue weighted by Crippen LogP contribution is 2.35. The number of phenolic OH excluding ortho intramolecular Hbond substituents is 1. The van der Waals surface area contributed by atoms with Crippen LogP contribution in [0.2, 0.25) is 10.0 Å². The number of amides is 1. The summed E-state index contributed by atoms with van der Waals surface area (Å²) in [5, 5.41) is 13.1. The highest BCUT2D eigenvalue weighted by molar-refractivity contribution is 8.18. The average molecular weight is 379 g/mol. The van der Waals surface area contributed by atoms with Crippen molar-refractivity contribution >= 4 is 57.8 Å². The molecule has 7 heteroatoms. The quantitative estimate of drug-likeness (QED) is 0.730. The van der Waals surface area contributed by atoms with Crippen molar-refractivity contribution in [2.24, 2.45) is 4.99 Å². The number of aromatic hydroxyl groups is 1. The number of halogens is 2. The van der Waals surface area contributed by atoms with Crippen molar-refractivity contribution in [1.29, 1.82) is 0 Å². The summed E-state index contributed by atoms with van der Waals surface area (Å²) in [6.07, 6.45) is 1.65. The number of carbonyl (C=O) groups excluding carboxylic acids is 1. The maximum atomic E-state index is 12.1. The van der Waals surface area contributed by atoms with Crippen LogP contribution in [-0.4, -0.2) is 16.2 Å². The highest BCUT2D eigenvalue weighted by atomic mass is 35.5. The van der Waals surface area contributed by atoms with Crippen LogP contribution in [0.4, 0.5) is 5.69 Å². The standard InChI is InChI=1S/C17H12Cl2N2O2S/c1-9-2-4-11(5-3-9)20-17-21-16(23)14(24-17)8-10-6-12(18)15(22)13(19)7-10/h2-8,22H,1H3,(H,20,21,23). The van der Waals surface area contributed by atoms with Crippen LogP contribution in [0.5, 0.6) is 5.75 Å². The first-order valence-electron chi connectivity index (χ1n) is 6.96. The highest BCUT2D eigenvalue weighted by Gasteiger charge is 2.24. The molecule has 2 aromatic carbocycles. The molecule has 0 aromatic heterocycles. The van der Waals surface area contributed by atoms with Gasteiger partial charge in [-0.15, -0.1) is 0 Å². The lowest BCUT2D eigenvalue weighted by atomic mass is 10.2. The molecule has 1 heterocycles. The van der Waals surface area contributed by atoms with Crippen LogP contribution in [0.1, 0.15) is 11.1 Å². The van der Waals surface area contributed by atoms with Gasteiger partial charge < -0.3 is 10.4 Å². The van der Waals surface area contributed by atoms with Crippen LogP contribution in [0, 0.1) is 6.92 Å². The Morgan fingerprint density at radius 2 is 1.79 bits per heavy atom. The van der Waals surface area contributed by atoms with Crippen LogP contribution in [0.25, 0.3) is 6.08 Å². The largest absolute Gasteiger partial charge is 0.505 e. The lowest BCUT2D eigenvalue weighted by molar-refractivity contribution is -0.115. The summed E-state index contributed by atoms with van der Waals surface area (Å²) in [7, 11) is 0. The number of amidine groups is 1. The van der Waals surface area contributed by atoms with Crippen LogP contribution in [0.3, 0.4) is 0 Å². The molecule has 2 aromatic rings. The number of aliphatic imine (C=N–C) groups is 1. The van der Waals surface area contributed by atoms with Gasteiger partial charge in [-0.1, -0.05) is 40.9 Å². The predicted molar refractivity (Wildman–Crippen MR) is 100 cm³/mol. The summed E-state index contributed by atoms with van der Waals surface area (Å²) >= 11 is 13.0. The minimum absolute atomic E-state index is 0.131. The summed E-state index contributed by atoms with van der Waals surface area (Å²) in [5.74, 6) is -0.420.